The first-order chi connectivity index (χ1) is 13.5. The molecular formula is C20H20F2N2O4. The highest BCUT2D eigenvalue weighted by Gasteiger charge is 2.42. The Morgan fingerprint density at radius 2 is 1.82 bits per heavy atom. The Morgan fingerprint density at radius 1 is 1.14 bits per heavy atom. The van der Waals surface area contributed by atoms with Crippen LogP contribution in [0.2, 0.25) is 0 Å². The summed E-state index contributed by atoms with van der Waals surface area (Å²) in [5.41, 5.74) is 0.455. The Morgan fingerprint density at radius 3 is 2.50 bits per heavy atom. The Balaban J connectivity index is 1.43. The van der Waals surface area contributed by atoms with Gasteiger partial charge in [-0.1, -0.05) is 18.2 Å². The summed E-state index contributed by atoms with van der Waals surface area (Å²) in [5.74, 6) is -1.19. The standard InChI is InChI=1S/C20H20F2N2O4/c1-26-16-7-2-4-13-12-27-20(28-18(13)16)8-10-24(11-9-20)19(25)23-17-14(21)5-3-6-15(17)22/h2-7H,8-12H2,1H3,(H,23,25). The number of carbonyl (C=O) groups excluding carboxylic acids is 1. The Bertz CT molecular complexity index is 863. The lowest BCUT2D eigenvalue weighted by Gasteiger charge is -2.44. The molecule has 2 aliphatic rings. The maximum Gasteiger partial charge on any atom is 0.322 e. The molecule has 0 unspecified atom stereocenters. The minimum Gasteiger partial charge on any atom is -0.493 e. The maximum atomic E-state index is 13.8. The maximum absolute atomic E-state index is 13.8. The number of anilines is 1. The van der Waals surface area contributed by atoms with E-state index in [1.165, 1.54) is 11.0 Å². The third-order valence-electron chi connectivity index (χ3n) is 5.07. The molecule has 2 aromatic rings. The molecule has 1 fully saturated rings. The molecule has 6 nitrogen and oxygen atoms in total. The van der Waals surface area contributed by atoms with Gasteiger partial charge < -0.3 is 24.4 Å². The van der Waals surface area contributed by atoms with Gasteiger partial charge in [-0.2, -0.15) is 0 Å². The summed E-state index contributed by atoms with van der Waals surface area (Å²) in [7, 11) is 1.58. The van der Waals surface area contributed by atoms with Crippen molar-refractivity contribution in [3.63, 3.8) is 0 Å². The van der Waals surface area contributed by atoms with Crippen LogP contribution in [-0.2, 0) is 11.3 Å². The number of urea groups is 1. The van der Waals surface area contributed by atoms with Crippen molar-refractivity contribution in [1.29, 1.82) is 0 Å². The number of carbonyl (C=O) groups is 1. The number of hydrogen-bond donors (Lipinski definition) is 1. The largest absolute Gasteiger partial charge is 0.493 e. The van der Waals surface area contributed by atoms with Crippen LogP contribution in [-0.4, -0.2) is 36.9 Å². The van der Waals surface area contributed by atoms with Crippen molar-refractivity contribution >= 4 is 11.7 Å². The zero-order valence-electron chi connectivity index (χ0n) is 15.3. The second-order valence-electron chi connectivity index (χ2n) is 6.76. The Kier molecular flexibility index (Phi) is 4.80. The summed E-state index contributed by atoms with van der Waals surface area (Å²) in [4.78, 5) is 13.9. The van der Waals surface area contributed by atoms with E-state index in [2.05, 4.69) is 5.32 Å². The normalized spacial score (nSPS) is 17.6. The van der Waals surface area contributed by atoms with E-state index in [9.17, 15) is 13.6 Å². The summed E-state index contributed by atoms with van der Waals surface area (Å²) in [6.07, 6.45) is 0.856. The molecule has 1 saturated heterocycles. The number of likely N-dealkylation sites (tertiary alicyclic amines) is 1. The number of methoxy groups -OCH3 is 1. The molecule has 148 valence electrons. The monoisotopic (exact) mass is 390 g/mol. The van der Waals surface area contributed by atoms with Gasteiger partial charge in [0, 0.05) is 31.5 Å². The van der Waals surface area contributed by atoms with Crippen LogP contribution in [0, 0.1) is 11.6 Å². The molecule has 0 radical (unpaired) electrons. The number of benzene rings is 2. The van der Waals surface area contributed by atoms with Crippen LogP contribution in [0.4, 0.5) is 19.3 Å². The molecule has 1 spiro atoms. The molecule has 2 aromatic carbocycles. The predicted molar refractivity (Wildman–Crippen MR) is 97.3 cm³/mol. The van der Waals surface area contributed by atoms with E-state index in [1.54, 1.807) is 7.11 Å². The van der Waals surface area contributed by atoms with E-state index in [-0.39, 0.29) is 0 Å². The van der Waals surface area contributed by atoms with Gasteiger partial charge in [0.25, 0.3) is 0 Å². The number of para-hydroxylation sites is 2. The lowest BCUT2D eigenvalue weighted by molar-refractivity contribution is -0.225. The number of ether oxygens (including phenoxy) is 3. The minimum atomic E-state index is -0.846. The highest BCUT2D eigenvalue weighted by atomic mass is 19.1. The van der Waals surface area contributed by atoms with Crippen LogP contribution in [0.5, 0.6) is 11.5 Å². The fourth-order valence-electron chi connectivity index (χ4n) is 3.48. The summed E-state index contributed by atoms with van der Waals surface area (Å²) in [5, 5.41) is 2.31. The predicted octanol–water partition coefficient (Wildman–Crippen LogP) is 3.91. The molecular weight excluding hydrogens is 370 g/mol. The SMILES string of the molecule is COc1cccc2c1OC1(CCN(C(=O)Nc3c(F)cccc3F)CC1)OC2. The van der Waals surface area contributed by atoms with Gasteiger partial charge >= 0.3 is 6.03 Å². The first-order valence-electron chi connectivity index (χ1n) is 9.00. The average Bonchev–Trinajstić information content (AvgIpc) is 2.71. The molecule has 2 aliphatic heterocycles. The summed E-state index contributed by atoms with van der Waals surface area (Å²) in [6, 6.07) is 8.48. The second-order valence-corrected chi connectivity index (χ2v) is 6.76. The number of amides is 2. The topological polar surface area (TPSA) is 60.0 Å². The summed E-state index contributed by atoms with van der Waals surface area (Å²) < 4.78 is 45.0. The lowest BCUT2D eigenvalue weighted by Crippen LogP contribution is -2.53. The van der Waals surface area contributed by atoms with Gasteiger partial charge in [-0.05, 0) is 18.2 Å². The quantitative estimate of drug-likeness (QED) is 0.845. The number of halogens is 2. The van der Waals surface area contributed by atoms with Crippen molar-refractivity contribution < 1.29 is 27.8 Å². The van der Waals surface area contributed by atoms with Crippen LogP contribution >= 0.6 is 0 Å². The zero-order valence-corrected chi connectivity index (χ0v) is 15.3. The smallest absolute Gasteiger partial charge is 0.322 e. The van der Waals surface area contributed by atoms with Crippen LogP contribution in [0.1, 0.15) is 18.4 Å². The van der Waals surface area contributed by atoms with Crippen molar-refractivity contribution in [2.45, 2.75) is 25.2 Å². The number of hydrogen-bond acceptors (Lipinski definition) is 4. The number of rotatable bonds is 2. The minimum absolute atomic E-state index is 0.326. The molecule has 2 heterocycles. The fraction of sp³-hybridized carbons (Fsp3) is 0.350. The third-order valence-corrected chi connectivity index (χ3v) is 5.07. The van der Waals surface area contributed by atoms with Crippen molar-refractivity contribution in [3.8, 4) is 11.5 Å². The molecule has 0 aromatic heterocycles. The highest BCUT2D eigenvalue weighted by molar-refractivity contribution is 5.89. The average molecular weight is 390 g/mol. The third kappa shape index (κ3) is 3.35. The van der Waals surface area contributed by atoms with Crippen molar-refractivity contribution in [2.24, 2.45) is 0 Å². The second kappa shape index (κ2) is 7.27. The highest BCUT2D eigenvalue weighted by Crippen LogP contribution is 2.42. The summed E-state index contributed by atoms with van der Waals surface area (Å²) >= 11 is 0. The van der Waals surface area contributed by atoms with Gasteiger partial charge in [-0.15, -0.1) is 0 Å². The van der Waals surface area contributed by atoms with Gasteiger partial charge in [0.15, 0.2) is 11.5 Å². The van der Waals surface area contributed by atoms with Crippen LogP contribution < -0.4 is 14.8 Å². The van der Waals surface area contributed by atoms with E-state index in [0.29, 0.717) is 44.0 Å². The van der Waals surface area contributed by atoms with Crippen molar-refractivity contribution in [3.05, 3.63) is 53.6 Å². The molecule has 0 saturated carbocycles. The van der Waals surface area contributed by atoms with Gasteiger partial charge in [0.05, 0.1) is 13.7 Å². The van der Waals surface area contributed by atoms with E-state index < -0.39 is 29.1 Å². The lowest BCUT2D eigenvalue weighted by atomic mass is 10.0. The zero-order chi connectivity index (χ0) is 19.7. The first-order valence-corrected chi connectivity index (χ1v) is 9.00. The molecule has 0 atom stereocenters. The van der Waals surface area contributed by atoms with Gasteiger partial charge in [-0.25, -0.2) is 13.6 Å². The van der Waals surface area contributed by atoms with E-state index in [1.807, 2.05) is 18.2 Å². The fourth-order valence-corrected chi connectivity index (χ4v) is 3.48. The number of fused-ring (bicyclic) bond motifs is 1. The number of nitrogens with zero attached hydrogens (tertiary/aromatic N) is 1. The van der Waals surface area contributed by atoms with Gasteiger partial charge in [-0.3, -0.25) is 0 Å². The molecule has 8 heteroatoms. The molecule has 28 heavy (non-hydrogen) atoms. The van der Waals surface area contributed by atoms with Crippen LogP contribution in [0.3, 0.4) is 0 Å². The van der Waals surface area contributed by atoms with Gasteiger partial charge in [0.1, 0.15) is 17.3 Å². The van der Waals surface area contributed by atoms with Crippen molar-refractivity contribution in [2.75, 3.05) is 25.5 Å². The van der Waals surface area contributed by atoms with Gasteiger partial charge in [0.2, 0.25) is 5.79 Å². The Hall–Kier alpha value is -2.87. The van der Waals surface area contributed by atoms with Crippen molar-refractivity contribution in [1.82, 2.24) is 4.90 Å². The van der Waals surface area contributed by atoms with Crippen LogP contribution in [0.25, 0.3) is 0 Å². The Labute approximate surface area is 161 Å². The molecule has 4 rings (SSSR count). The molecule has 0 bridgehead atoms. The van der Waals surface area contributed by atoms with E-state index in [0.717, 1.165) is 17.7 Å². The number of piperidine rings is 1. The molecule has 0 aliphatic carbocycles. The summed E-state index contributed by atoms with van der Waals surface area (Å²) in [6.45, 7) is 1.04. The van der Waals surface area contributed by atoms with E-state index in [4.69, 9.17) is 14.2 Å². The van der Waals surface area contributed by atoms with E-state index >= 15 is 0 Å². The first kappa shape index (κ1) is 18.5. The number of nitrogens with one attached hydrogen (secondary N) is 1. The molecule has 2 amide bonds. The van der Waals surface area contributed by atoms with Crippen LogP contribution in [0.15, 0.2) is 36.4 Å². The molecule has 1 N–H and O–H groups in total.